The first-order valence-corrected chi connectivity index (χ1v) is 9.02. The number of rotatable bonds is 3. The number of aromatic nitrogens is 2. The van der Waals surface area contributed by atoms with Crippen LogP contribution in [-0.2, 0) is 24.6 Å². The number of fused-ring (bicyclic) bond motifs is 1. The second kappa shape index (κ2) is 6.09. The number of amides is 1. The van der Waals surface area contributed by atoms with Gasteiger partial charge < -0.3 is 14.6 Å². The van der Waals surface area contributed by atoms with Gasteiger partial charge in [0.1, 0.15) is 6.10 Å². The van der Waals surface area contributed by atoms with Gasteiger partial charge in [-0.15, -0.1) is 11.3 Å². The number of ether oxygens (including phenoxy) is 1. The van der Waals surface area contributed by atoms with E-state index in [2.05, 4.69) is 16.4 Å². The molecule has 5 nitrogen and oxygen atoms in total. The zero-order valence-electron chi connectivity index (χ0n) is 13.2. The third kappa shape index (κ3) is 2.93. The van der Waals surface area contributed by atoms with Crippen LogP contribution in [0.15, 0.2) is 18.6 Å². The molecule has 1 aliphatic carbocycles. The van der Waals surface area contributed by atoms with Gasteiger partial charge in [-0.2, -0.15) is 0 Å². The summed E-state index contributed by atoms with van der Waals surface area (Å²) in [6, 6.07) is 2.24. The molecular formula is C17H21N3O2S. The standard InChI is InChI=1S/C17H21N3O2S/c1-20-10-18-9-13(20)14-8-12(5-6-22-14)19-17(21)16-7-11-3-2-4-15(11)23-16/h7,9-10,12,14H,2-6,8H2,1H3,(H,19,21)/t12-,14-/m0/s1. The van der Waals surface area contributed by atoms with Crippen LogP contribution in [0.25, 0.3) is 0 Å². The maximum atomic E-state index is 12.5. The molecule has 2 aliphatic rings. The number of hydrogen-bond acceptors (Lipinski definition) is 4. The normalized spacial score (nSPS) is 23.7. The number of imidazole rings is 1. The first-order chi connectivity index (χ1) is 11.2. The number of carbonyl (C=O) groups is 1. The van der Waals surface area contributed by atoms with Crippen molar-refractivity contribution in [2.75, 3.05) is 6.61 Å². The largest absolute Gasteiger partial charge is 0.372 e. The van der Waals surface area contributed by atoms with Crippen LogP contribution < -0.4 is 5.32 Å². The summed E-state index contributed by atoms with van der Waals surface area (Å²) in [5.74, 6) is 0.0695. The van der Waals surface area contributed by atoms with Crippen molar-refractivity contribution in [3.8, 4) is 0 Å². The number of hydrogen-bond donors (Lipinski definition) is 1. The van der Waals surface area contributed by atoms with Gasteiger partial charge in [0.15, 0.2) is 0 Å². The molecule has 1 aliphatic heterocycles. The average molecular weight is 331 g/mol. The lowest BCUT2D eigenvalue weighted by molar-refractivity contribution is -0.00298. The summed E-state index contributed by atoms with van der Waals surface area (Å²) in [5, 5.41) is 3.20. The van der Waals surface area contributed by atoms with Crippen molar-refractivity contribution in [3.05, 3.63) is 39.6 Å². The molecule has 1 saturated heterocycles. The fourth-order valence-corrected chi connectivity index (χ4v) is 4.67. The van der Waals surface area contributed by atoms with Crippen LogP contribution in [0.5, 0.6) is 0 Å². The van der Waals surface area contributed by atoms with Crippen LogP contribution in [-0.4, -0.2) is 28.1 Å². The quantitative estimate of drug-likeness (QED) is 0.940. The molecule has 1 amide bonds. The Hall–Kier alpha value is -1.66. The predicted molar refractivity (Wildman–Crippen MR) is 88.7 cm³/mol. The van der Waals surface area contributed by atoms with Gasteiger partial charge in [0, 0.05) is 24.6 Å². The third-order valence-corrected chi connectivity index (χ3v) is 6.01. The maximum absolute atomic E-state index is 12.5. The minimum Gasteiger partial charge on any atom is -0.372 e. The molecule has 0 radical (unpaired) electrons. The summed E-state index contributed by atoms with van der Waals surface area (Å²) in [5.41, 5.74) is 2.44. The van der Waals surface area contributed by atoms with E-state index in [1.54, 1.807) is 17.7 Å². The first-order valence-electron chi connectivity index (χ1n) is 8.21. The van der Waals surface area contributed by atoms with E-state index in [-0.39, 0.29) is 18.1 Å². The van der Waals surface area contributed by atoms with Crippen molar-refractivity contribution in [1.82, 2.24) is 14.9 Å². The van der Waals surface area contributed by atoms with Gasteiger partial charge in [-0.3, -0.25) is 4.79 Å². The Bertz CT molecular complexity index is 700. The SMILES string of the molecule is Cn1cncc1[C@@H]1C[C@@H](NC(=O)c2cc3c(s2)CCC3)CCO1. The molecule has 0 aromatic carbocycles. The minimum absolute atomic E-state index is 0.00916. The Labute approximate surface area is 139 Å². The Balaban J connectivity index is 1.41. The maximum Gasteiger partial charge on any atom is 0.261 e. The average Bonchev–Trinajstić information content (AvgIpc) is 3.22. The van der Waals surface area contributed by atoms with Gasteiger partial charge in [0.2, 0.25) is 0 Å². The molecular weight excluding hydrogens is 310 g/mol. The van der Waals surface area contributed by atoms with Crippen LogP contribution >= 0.6 is 11.3 Å². The van der Waals surface area contributed by atoms with E-state index in [9.17, 15) is 4.79 Å². The lowest BCUT2D eigenvalue weighted by atomic mass is 10.0. The molecule has 0 bridgehead atoms. The highest BCUT2D eigenvalue weighted by Crippen LogP contribution is 2.31. The van der Waals surface area contributed by atoms with Crippen LogP contribution in [0.3, 0.4) is 0 Å². The molecule has 0 saturated carbocycles. The van der Waals surface area contributed by atoms with Crippen molar-refractivity contribution in [2.24, 2.45) is 7.05 Å². The second-order valence-corrected chi connectivity index (χ2v) is 7.53. The fourth-order valence-electron chi connectivity index (χ4n) is 3.51. The number of carbonyl (C=O) groups excluding carboxylic acids is 1. The Morgan fingerprint density at radius 3 is 3.17 bits per heavy atom. The summed E-state index contributed by atoms with van der Waals surface area (Å²) >= 11 is 1.66. The molecule has 1 fully saturated rings. The molecule has 23 heavy (non-hydrogen) atoms. The Morgan fingerprint density at radius 1 is 1.48 bits per heavy atom. The monoisotopic (exact) mass is 331 g/mol. The molecule has 2 atom stereocenters. The summed E-state index contributed by atoms with van der Waals surface area (Å²) in [6.07, 6.45) is 8.80. The molecule has 0 spiro atoms. The van der Waals surface area contributed by atoms with E-state index in [1.165, 1.54) is 16.9 Å². The van der Waals surface area contributed by atoms with E-state index in [0.29, 0.717) is 6.61 Å². The van der Waals surface area contributed by atoms with Gasteiger partial charge in [-0.1, -0.05) is 0 Å². The van der Waals surface area contributed by atoms with Crippen LogP contribution in [0.2, 0.25) is 0 Å². The molecule has 6 heteroatoms. The van der Waals surface area contributed by atoms with E-state index >= 15 is 0 Å². The Kier molecular flexibility index (Phi) is 3.95. The minimum atomic E-state index is 0.00916. The van der Waals surface area contributed by atoms with E-state index in [0.717, 1.165) is 36.3 Å². The van der Waals surface area contributed by atoms with Crippen LogP contribution in [0.1, 0.15) is 51.2 Å². The van der Waals surface area contributed by atoms with Gasteiger partial charge in [0.05, 0.1) is 23.1 Å². The van der Waals surface area contributed by atoms with E-state index in [4.69, 9.17) is 4.74 Å². The second-order valence-electron chi connectivity index (χ2n) is 6.40. The summed E-state index contributed by atoms with van der Waals surface area (Å²) in [4.78, 5) is 18.9. The van der Waals surface area contributed by atoms with Crippen molar-refractivity contribution in [1.29, 1.82) is 0 Å². The number of nitrogens with one attached hydrogen (secondary N) is 1. The van der Waals surface area contributed by atoms with Crippen molar-refractivity contribution < 1.29 is 9.53 Å². The number of aryl methyl sites for hydroxylation is 3. The highest BCUT2D eigenvalue weighted by Gasteiger charge is 2.28. The summed E-state index contributed by atoms with van der Waals surface area (Å²) in [6.45, 7) is 0.668. The first kappa shape index (κ1) is 14.9. The summed E-state index contributed by atoms with van der Waals surface area (Å²) < 4.78 is 7.85. The van der Waals surface area contributed by atoms with E-state index < -0.39 is 0 Å². The highest BCUT2D eigenvalue weighted by molar-refractivity contribution is 7.14. The topological polar surface area (TPSA) is 56.2 Å². The van der Waals surface area contributed by atoms with Gasteiger partial charge >= 0.3 is 0 Å². The van der Waals surface area contributed by atoms with Crippen molar-refractivity contribution in [2.45, 2.75) is 44.2 Å². The highest BCUT2D eigenvalue weighted by atomic mass is 32.1. The number of nitrogens with zero attached hydrogens (tertiary/aromatic N) is 2. The molecule has 122 valence electrons. The predicted octanol–water partition coefficient (Wildman–Crippen LogP) is 2.62. The van der Waals surface area contributed by atoms with Crippen molar-refractivity contribution >= 4 is 17.2 Å². The number of thiophene rings is 1. The fraction of sp³-hybridized carbons (Fsp3) is 0.529. The summed E-state index contributed by atoms with van der Waals surface area (Å²) in [7, 11) is 1.97. The van der Waals surface area contributed by atoms with Gasteiger partial charge in [-0.25, -0.2) is 4.98 Å². The zero-order valence-corrected chi connectivity index (χ0v) is 14.1. The molecule has 0 unspecified atom stereocenters. The molecule has 2 aromatic heterocycles. The van der Waals surface area contributed by atoms with Crippen LogP contribution in [0.4, 0.5) is 0 Å². The molecule has 2 aromatic rings. The van der Waals surface area contributed by atoms with Crippen LogP contribution in [0, 0.1) is 0 Å². The van der Waals surface area contributed by atoms with E-state index in [1.807, 2.05) is 17.8 Å². The lowest BCUT2D eigenvalue weighted by Gasteiger charge is -2.30. The molecule has 1 N–H and O–H groups in total. The third-order valence-electron chi connectivity index (χ3n) is 4.77. The van der Waals surface area contributed by atoms with Crippen molar-refractivity contribution in [3.63, 3.8) is 0 Å². The van der Waals surface area contributed by atoms with Gasteiger partial charge in [0.25, 0.3) is 5.91 Å². The van der Waals surface area contributed by atoms with Gasteiger partial charge in [-0.05, 0) is 43.7 Å². The smallest absolute Gasteiger partial charge is 0.261 e. The Morgan fingerprint density at radius 2 is 2.39 bits per heavy atom. The molecule has 4 rings (SSSR count). The molecule has 3 heterocycles. The lowest BCUT2D eigenvalue weighted by Crippen LogP contribution is -2.39. The zero-order chi connectivity index (χ0) is 15.8.